The minimum atomic E-state index is -0.685. The van der Waals surface area contributed by atoms with Crippen molar-refractivity contribution in [3.63, 3.8) is 0 Å². The lowest BCUT2D eigenvalue weighted by Crippen LogP contribution is -2.53. The number of aromatic nitrogens is 2. The molecular weight excluding hydrogens is 479 g/mol. The topological polar surface area (TPSA) is 101 Å². The first-order chi connectivity index (χ1) is 17.3. The van der Waals surface area contributed by atoms with E-state index in [1.807, 2.05) is 6.92 Å². The summed E-state index contributed by atoms with van der Waals surface area (Å²) in [5.41, 5.74) is 14.7. The van der Waals surface area contributed by atoms with Crippen LogP contribution in [0.3, 0.4) is 0 Å². The normalized spacial score (nSPS) is 17.4. The lowest BCUT2D eigenvalue weighted by molar-refractivity contribution is 0.0452. The Morgan fingerprint density at radius 1 is 1.19 bits per heavy atom. The quantitative estimate of drug-likeness (QED) is 0.543. The highest BCUT2D eigenvalue weighted by atomic mass is 35.5. The van der Waals surface area contributed by atoms with E-state index in [0.717, 1.165) is 18.8 Å². The molecular formula is C27H32ClFN6O. The highest BCUT2D eigenvalue weighted by molar-refractivity contribution is 6.34. The second-order valence-corrected chi connectivity index (χ2v) is 9.56. The molecule has 2 heterocycles. The Kier molecular flexibility index (Phi) is 8.06. The van der Waals surface area contributed by atoms with Gasteiger partial charge in [0.2, 0.25) is 0 Å². The average Bonchev–Trinajstić information content (AvgIpc) is 2.83. The molecule has 1 aromatic heterocycles. The van der Waals surface area contributed by atoms with Crippen molar-refractivity contribution in [2.24, 2.45) is 11.5 Å². The summed E-state index contributed by atoms with van der Waals surface area (Å²) in [6, 6.07) is 3.50. The molecule has 1 aliphatic carbocycles. The molecule has 2 fully saturated rings. The predicted molar refractivity (Wildman–Crippen MR) is 142 cm³/mol. The number of rotatable bonds is 7. The molecule has 1 saturated carbocycles. The Morgan fingerprint density at radius 3 is 2.47 bits per heavy atom. The van der Waals surface area contributed by atoms with Crippen molar-refractivity contribution in [2.45, 2.75) is 38.6 Å². The first-order valence-corrected chi connectivity index (χ1v) is 12.6. The standard InChI is InChI=1S/C27H32ClFN6O/c1-3-23-24(18(15-30)8-7-17(2)31)26(33-16-32-23)19-13-21(28)25(22(29)14-19)27(36)35-11-9-34(10-12-35)20-5-4-6-20/h7-8,13-16,20H,2-6,9-12,30-31H2,1H3/b8-7-,18-15+. The maximum absolute atomic E-state index is 15.5. The van der Waals surface area contributed by atoms with Gasteiger partial charge in [0.1, 0.15) is 12.1 Å². The van der Waals surface area contributed by atoms with Crippen LogP contribution in [0, 0.1) is 5.82 Å². The van der Waals surface area contributed by atoms with Gasteiger partial charge in [-0.2, -0.15) is 0 Å². The van der Waals surface area contributed by atoms with Gasteiger partial charge in [-0.25, -0.2) is 14.4 Å². The number of hydrogen-bond donors (Lipinski definition) is 2. The predicted octanol–water partition coefficient (Wildman–Crippen LogP) is 4.14. The van der Waals surface area contributed by atoms with Crippen LogP contribution in [0.15, 0.2) is 49.1 Å². The van der Waals surface area contributed by atoms with Crippen molar-refractivity contribution in [3.8, 4) is 11.3 Å². The van der Waals surface area contributed by atoms with Crippen molar-refractivity contribution in [3.05, 3.63) is 76.7 Å². The Bertz CT molecular complexity index is 1190. The van der Waals surface area contributed by atoms with Gasteiger partial charge in [0.15, 0.2) is 0 Å². The molecule has 1 amide bonds. The lowest BCUT2D eigenvalue weighted by atomic mass is 9.91. The van der Waals surface area contributed by atoms with Crippen LogP contribution in [0.4, 0.5) is 4.39 Å². The summed E-state index contributed by atoms with van der Waals surface area (Å²) in [7, 11) is 0. The molecule has 0 spiro atoms. The summed E-state index contributed by atoms with van der Waals surface area (Å²) in [5.74, 6) is -1.07. The third-order valence-corrected chi connectivity index (χ3v) is 7.23. The van der Waals surface area contributed by atoms with E-state index < -0.39 is 5.82 Å². The van der Waals surface area contributed by atoms with Gasteiger partial charge < -0.3 is 16.4 Å². The lowest BCUT2D eigenvalue weighted by Gasteiger charge is -2.43. The van der Waals surface area contributed by atoms with Crippen molar-refractivity contribution in [2.75, 3.05) is 26.2 Å². The third-order valence-electron chi connectivity index (χ3n) is 6.93. The number of amides is 1. The molecule has 4 rings (SSSR count). The highest BCUT2D eigenvalue weighted by Gasteiger charge is 2.31. The summed E-state index contributed by atoms with van der Waals surface area (Å²) >= 11 is 6.53. The smallest absolute Gasteiger partial charge is 0.258 e. The number of halogens is 2. The number of nitrogens with zero attached hydrogens (tertiary/aromatic N) is 4. The summed E-state index contributed by atoms with van der Waals surface area (Å²) < 4.78 is 15.5. The van der Waals surface area contributed by atoms with Crippen molar-refractivity contribution >= 4 is 23.1 Å². The fraction of sp³-hybridized carbons (Fsp3) is 0.370. The van der Waals surface area contributed by atoms with Crippen molar-refractivity contribution < 1.29 is 9.18 Å². The van der Waals surface area contributed by atoms with Crippen LogP contribution in [-0.2, 0) is 6.42 Å². The molecule has 1 saturated heterocycles. The molecule has 2 aliphatic rings. The molecule has 4 N–H and O–H groups in total. The van der Waals surface area contributed by atoms with Gasteiger partial charge in [-0.1, -0.05) is 37.6 Å². The first kappa shape index (κ1) is 25.9. The van der Waals surface area contributed by atoms with Gasteiger partial charge >= 0.3 is 0 Å². The summed E-state index contributed by atoms with van der Waals surface area (Å²) in [6.07, 6.45) is 10.5. The summed E-state index contributed by atoms with van der Waals surface area (Å²) in [5, 5.41) is 0.0446. The molecule has 9 heteroatoms. The second-order valence-electron chi connectivity index (χ2n) is 9.16. The zero-order valence-electron chi connectivity index (χ0n) is 20.5. The van der Waals surface area contributed by atoms with E-state index in [4.69, 9.17) is 23.1 Å². The molecule has 36 heavy (non-hydrogen) atoms. The minimum absolute atomic E-state index is 0.0446. The van der Waals surface area contributed by atoms with Gasteiger partial charge in [-0.05, 0) is 37.5 Å². The average molecular weight is 511 g/mol. The Balaban J connectivity index is 1.65. The van der Waals surface area contributed by atoms with E-state index in [0.29, 0.717) is 53.6 Å². The molecule has 0 bridgehead atoms. The minimum Gasteiger partial charge on any atom is -0.404 e. The van der Waals surface area contributed by atoms with Gasteiger partial charge in [0, 0.05) is 60.8 Å². The highest BCUT2D eigenvalue weighted by Crippen LogP contribution is 2.34. The van der Waals surface area contributed by atoms with Crippen molar-refractivity contribution in [1.29, 1.82) is 0 Å². The van der Waals surface area contributed by atoms with E-state index in [9.17, 15) is 4.79 Å². The molecule has 7 nitrogen and oxygen atoms in total. The van der Waals surface area contributed by atoms with Crippen LogP contribution in [-0.4, -0.2) is 57.9 Å². The van der Waals surface area contributed by atoms with Crippen LogP contribution in [0.1, 0.15) is 47.8 Å². The molecule has 1 aliphatic heterocycles. The fourth-order valence-corrected chi connectivity index (χ4v) is 5.03. The van der Waals surface area contributed by atoms with Crippen LogP contribution in [0.2, 0.25) is 5.02 Å². The SMILES string of the molecule is C=C(N)/C=C\C(=C/N)c1c(CC)ncnc1-c1cc(F)c(C(=O)N2CCN(C3CCC3)CC2)c(Cl)c1. The molecule has 1 aromatic carbocycles. The number of nitrogens with two attached hydrogens (primary N) is 2. The van der Waals surface area contributed by atoms with Gasteiger partial charge in [0.05, 0.1) is 22.0 Å². The van der Waals surface area contributed by atoms with Crippen LogP contribution in [0.25, 0.3) is 16.8 Å². The number of carbonyl (C=O) groups is 1. The summed E-state index contributed by atoms with van der Waals surface area (Å²) in [4.78, 5) is 26.1. The van der Waals surface area contributed by atoms with Crippen LogP contribution in [0.5, 0.6) is 0 Å². The summed E-state index contributed by atoms with van der Waals surface area (Å²) in [6.45, 7) is 8.35. The fourth-order valence-electron chi connectivity index (χ4n) is 4.75. The van der Waals surface area contributed by atoms with E-state index in [2.05, 4.69) is 21.4 Å². The van der Waals surface area contributed by atoms with E-state index in [-0.39, 0.29) is 16.5 Å². The van der Waals surface area contributed by atoms with E-state index in [1.165, 1.54) is 37.9 Å². The second kappa shape index (κ2) is 11.2. The molecule has 0 unspecified atom stereocenters. The van der Waals surface area contributed by atoms with E-state index >= 15 is 4.39 Å². The Morgan fingerprint density at radius 2 is 1.92 bits per heavy atom. The molecule has 190 valence electrons. The number of benzene rings is 1. The first-order valence-electron chi connectivity index (χ1n) is 12.2. The number of aryl methyl sites for hydroxylation is 1. The maximum Gasteiger partial charge on any atom is 0.258 e. The van der Waals surface area contributed by atoms with Crippen molar-refractivity contribution in [1.82, 2.24) is 19.8 Å². The number of allylic oxidation sites excluding steroid dienone is 3. The van der Waals surface area contributed by atoms with E-state index in [1.54, 1.807) is 23.1 Å². The molecule has 0 atom stereocenters. The zero-order chi connectivity index (χ0) is 25.8. The number of piperazine rings is 1. The maximum atomic E-state index is 15.5. The molecule has 0 radical (unpaired) electrons. The number of hydrogen-bond acceptors (Lipinski definition) is 6. The van der Waals surface area contributed by atoms with Gasteiger partial charge in [-0.15, -0.1) is 0 Å². The number of carbonyl (C=O) groups excluding carboxylic acids is 1. The Labute approximate surface area is 216 Å². The van der Waals surface area contributed by atoms with Crippen LogP contribution >= 0.6 is 11.6 Å². The van der Waals surface area contributed by atoms with Gasteiger partial charge in [0.25, 0.3) is 5.91 Å². The third kappa shape index (κ3) is 5.29. The van der Waals surface area contributed by atoms with Crippen LogP contribution < -0.4 is 11.5 Å². The van der Waals surface area contributed by atoms with Gasteiger partial charge in [-0.3, -0.25) is 9.69 Å². The Hall–Kier alpha value is -3.23. The zero-order valence-corrected chi connectivity index (χ0v) is 21.3. The largest absolute Gasteiger partial charge is 0.404 e. The monoisotopic (exact) mass is 510 g/mol. The molecule has 2 aromatic rings.